The molecule has 3 aromatic carbocycles. The molecule has 0 aliphatic carbocycles. The van der Waals surface area contributed by atoms with Crippen molar-refractivity contribution in [3.8, 4) is 0 Å². The first-order chi connectivity index (χ1) is 15.3. The fourth-order valence-electron chi connectivity index (χ4n) is 4.35. The van der Waals surface area contributed by atoms with E-state index < -0.39 is 17.5 Å². The number of hydrogen-bond acceptors (Lipinski definition) is 3. The lowest BCUT2D eigenvalue weighted by Gasteiger charge is -2.49. The predicted molar refractivity (Wildman–Crippen MR) is 124 cm³/mol. The first-order valence-corrected chi connectivity index (χ1v) is 11.0. The van der Waals surface area contributed by atoms with Crippen LogP contribution in [0.25, 0.3) is 0 Å². The van der Waals surface area contributed by atoms with Gasteiger partial charge in [-0.15, -0.1) is 0 Å². The van der Waals surface area contributed by atoms with Crippen molar-refractivity contribution >= 4 is 17.5 Å². The Balaban J connectivity index is 1.69. The topological polar surface area (TPSA) is 52.6 Å². The number of halogens is 2. The molecule has 6 heteroatoms. The van der Waals surface area contributed by atoms with Crippen molar-refractivity contribution < 1.29 is 14.3 Å². The summed E-state index contributed by atoms with van der Waals surface area (Å²) in [6, 6.07) is 22.1. The Hall–Kier alpha value is -2.73. The summed E-state index contributed by atoms with van der Waals surface area (Å²) in [7, 11) is 0. The average molecular weight is 453 g/mol. The van der Waals surface area contributed by atoms with Gasteiger partial charge in [0.25, 0.3) is 5.91 Å². The lowest BCUT2D eigenvalue weighted by Crippen LogP contribution is -2.62. The Morgan fingerprint density at radius 3 is 2.44 bits per heavy atom. The molecule has 2 N–H and O–H groups in total. The SMILES string of the molecule is C[C@@]1(O)CCN(Cc2ccccc2Cl)[C@@H](c2ccccc2)[C@@H]1NC(=O)c1ccc(F)cc1. The van der Waals surface area contributed by atoms with Crippen LogP contribution < -0.4 is 5.32 Å². The summed E-state index contributed by atoms with van der Waals surface area (Å²) in [5, 5.41) is 15.0. The maximum Gasteiger partial charge on any atom is 0.251 e. The second-order valence-electron chi connectivity index (χ2n) is 8.48. The Morgan fingerprint density at radius 2 is 1.75 bits per heavy atom. The van der Waals surface area contributed by atoms with E-state index in [1.807, 2.05) is 54.6 Å². The van der Waals surface area contributed by atoms with Gasteiger partial charge in [0.2, 0.25) is 0 Å². The van der Waals surface area contributed by atoms with Crippen LogP contribution in [0.3, 0.4) is 0 Å². The Bertz CT molecular complexity index is 1070. The molecule has 0 bridgehead atoms. The van der Waals surface area contributed by atoms with E-state index in [1.165, 1.54) is 24.3 Å². The van der Waals surface area contributed by atoms with Crippen LogP contribution in [-0.4, -0.2) is 34.1 Å². The van der Waals surface area contributed by atoms with Crippen LogP contribution in [-0.2, 0) is 6.54 Å². The molecule has 1 heterocycles. The second-order valence-corrected chi connectivity index (χ2v) is 8.89. The molecule has 1 aliphatic heterocycles. The van der Waals surface area contributed by atoms with Crippen molar-refractivity contribution in [3.05, 3.63) is 106 Å². The molecule has 1 fully saturated rings. The molecular weight excluding hydrogens is 427 g/mol. The number of nitrogens with zero attached hydrogens (tertiary/aromatic N) is 1. The number of piperidine rings is 1. The minimum atomic E-state index is -1.13. The molecule has 1 aliphatic rings. The van der Waals surface area contributed by atoms with Gasteiger partial charge in [0.15, 0.2) is 0 Å². The van der Waals surface area contributed by atoms with Crippen molar-refractivity contribution in [2.24, 2.45) is 0 Å². The van der Waals surface area contributed by atoms with Gasteiger partial charge in [-0.1, -0.05) is 60.1 Å². The highest BCUT2D eigenvalue weighted by atomic mass is 35.5. The first kappa shape index (κ1) is 22.5. The number of nitrogens with one attached hydrogen (secondary N) is 1. The van der Waals surface area contributed by atoms with Crippen LogP contribution in [0.2, 0.25) is 5.02 Å². The number of carbonyl (C=O) groups is 1. The average Bonchev–Trinajstić information content (AvgIpc) is 2.78. The summed E-state index contributed by atoms with van der Waals surface area (Å²) in [6.45, 7) is 2.98. The number of benzene rings is 3. The highest BCUT2D eigenvalue weighted by Gasteiger charge is 2.46. The molecule has 0 spiro atoms. The normalized spacial score (nSPS) is 23.6. The second kappa shape index (κ2) is 9.41. The summed E-state index contributed by atoms with van der Waals surface area (Å²) in [5.41, 5.74) is 1.19. The zero-order valence-corrected chi connectivity index (χ0v) is 18.6. The standard InChI is InChI=1S/C26H26ClFN2O2/c1-26(32)15-16-30(17-20-9-5-6-10-22(20)27)23(18-7-3-2-4-8-18)24(26)29-25(31)19-11-13-21(28)14-12-19/h2-14,23-24,32H,15-17H2,1H3,(H,29,31)/t23-,24-,26+/m0/s1. The van der Waals surface area contributed by atoms with Gasteiger partial charge >= 0.3 is 0 Å². The van der Waals surface area contributed by atoms with Gasteiger partial charge < -0.3 is 10.4 Å². The third-order valence-corrected chi connectivity index (χ3v) is 6.52. The van der Waals surface area contributed by atoms with Crippen molar-refractivity contribution in [1.29, 1.82) is 0 Å². The third kappa shape index (κ3) is 4.85. The Labute approximate surface area is 192 Å². The first-order valence-electron chi connectivity index (χ1n) is 10.7. The maximum atomic E-state index is 13.3. The van der Waals surface area contributed by atoms with Crippen molar-refractivity contribution in [1.82, 2.24) is 10.2 Å². The van der Waals surface area contributed by atoms with Crippen LogP contribution in [0.5, 0.6) is 0 Å². The van der Waals surface area contributed by atoms with Crippen molar-refractivity contribution in [3.63, 3.8) is 0 Å². The van der Waals surface area contributed by atoms with E-state index in [-0.39, 0.29) is 11.9 Å². The van der Waals surface area contributed by atoms with E-state index in [4.69, 9.17) is 11.6 Å². The Morgan fingerprint density at radius 1 is 1.09 bits per heavy atom. The van der Waals surface area contributed by atoms with Crippen LogP contribution in [0.4, 0.5) is 4.39 Å². The van der Waals surface area contributed by atoms with Crippen LogP contribution in [0.1, 0.15) is 40.9 Å². The summed E-state index contributed by atoms with van der Waals surface area (Å²) >= 11 is 6.43. The number of aliphatic hydroxyl groups is 1. The summed E-state index contributed by atoms with van der Waals surface area (Å²) in [4.78, 5) is 15.3. The van der Waals surface area contributed by atoms with Crippen molar-refractivity contribution in [2.45, 2.75) is 37.6 Å². The molecule has 3 aromatic rings. The van der Waals surface area contributed by atoms with Crippen molar-refractivity contribution in [2.75, 3.05) is 6.54 Å². The number of amides is 1. The highest BCUT2D eigenvalue weighted by Crippen LogP contribution is 2.38. The van der Waals surface area contributed by atoms with E-state index in [2.05, 4.69) is 10.2 Å². The van der Waals surface area contributed by atoms with E-state index in [1.54, 1.807) is 6.92 Å². The predicted octanol–water partition coefficient (Wildman–Crippen LogP) is 4.98. The number of likely N-dealkylation sites (tertiary alicyclic amines) is 1. The van der Waals surface area contributed by atoms with Gasteiger partial charge in [0.05, 0.1) is 17.7 Å². The molecule has 1 amide bonds. The van der Waals surface area contributed by atoms with E-state index >= 15 is 0 Å². The molecule has 0 saturated carbocycles. The van der Waals surface area contributed by atoms with Gasteiger partial charge in [-0.05, 0) is 54.8 Å². The lowest BCUT2D eigenvalue weighted by molar-refractivity contribution is -0.0664. The molecule has 1 saturated heterocycles. The molecule has 0 unspecified atom stereocenters. The van der Waals surface area contributed by atoms with E-state index in [0.29, 0.717) is 30.1 Å². The zero-order chi connectivity index (χ0) is 22.7. The van der Waals surface area contributed by atoms with Gasteiger partial charge in [-0.25, -0.2) is 4.39 Å². The molecule has 3 atom stereocenters. The van der Waals surface area contributed by atoms with Gasteiger partial charge in [0.1, 0.15) is 5.82 Å². The molecule has 4 rings (SSSR count). The van der Waals surface area contributed by atoms with Gasteiger partial charge in [0, 0.05) is 23.7 Å². The van der Waals surface area contributed by atoms with Crippen LogP contribution >= 0.6 is 11.6 Å². The lowest BCUT2D eigenvalue weighted by atomic mass is 9.79. The third-order valence-electron chi connectivity index (χ3n) is 6.15. The van der Waals surface area contributed by atoms with Crippen LogP contribution in [0.15, 0.2) is 78.9 Å². The monoisotopic (exact) mass is 452 g/mol. The quantitative estimate of drug-likeness (QED) is 0.574. The summed E-state index contributed by atoms with van der Waals surface area (Å²) in [6.07, 6.45) is 0.481. The smallest absolute Gasteiger partial charge is 0.251 e. The largest absolute Gasteiger partial charge is 0.388 e. The van der Waals surface area contributed by atoms with Gasteiger partial charge in [-0.3, -0.25) is 9.69 Å². The number of carbonyl (C=O) groups excluding carboxylic acids is 1. The molecular formula is C26H26ClFN2O2. The highest BCUT2D eigenvalue weighted by molar-refractivity contribution is 6.31. The fraction of sp³-hybridized carbons (Fsp3) is 0.269. The number of hydrogen-bond donors (Lipinski definition) is 2. The zero-order valence-electron chi connectivity index (χ0n) is 17.8. The summed E-state index contributed by atoms with van der Waals surface area (Å²) < 4.78 is 13.3. The molecule has 4 nitrogen and oxygen atoms in total. The molecule has 166 valence electrons. The maximum absolute atomic E-state index is 13.3. The van der Waals surface area contributed by atoms with E-state index in [0.717, 1.165) is 11.1 Å². The van der Waals surface area contributed by atoms with Crippen LogP contribution in [0, 0.1) is 5.82 Å². The molecule has 0 aromatic heterocycles. The molecule has 32 heavy (non-hydrogen) atoms. The number of rotatable bonds is 5. The minimum absolute atomic E-state index is 0.277. The van der Waals surface area contributed by atoms with E-state index in [9.17, 15) is 14.3 Å². The minimum Gasteiger partial charge on any atom is -0.388 e. The van der Waals surface area contributed by atoms with Gasteiger partial charge in [-0.2, -0.15) is 0 Å². The Kier molecular flexibility index (Phi) is 6.60. The fourth-order valence-corrected chi connectivity index (χ4v) is 4.55. The summed E-state index contributed by atoms with van der Waals surface area (Å²) in [5.74, 6) is -0.755. The molecule has 0 radical (unpaired) electrons.